The molecule has 6 nitrogen and oxygen atoms in total. The first kappa shape index (κ1) is 17.0. The third kappa shape index (κ3) is 4.36. The predicted octanol–water partition coefficient (Wildman–Crippen LogP) is 2.60. The number of anilines is 1. The van der Waals surface area contributed by atoms with Gasteiger partial charge < -0.3 is 20.5 Å². The smallest absolute Gasteiger partial charge is 0.255 e. The number of hydrogen-bond acceptors (Lipinski definition) is 4. The molecule has 6 heteroatoms. The Kier molecular flexibility index (Phi) is 5.30. The molecule has 0 aromatic heterocycles. The lowest BCUT2D eigenvalue weighted by molar-refractivity contribution is 0.0679. The van der Waals surface area contributed by atoms with E-state index in [9.17, 15) is 9.59 Å². The molecule has 0 unspecified atom stereocenters. The maximum Gasteiger partial charge on any atom is 0.255 e. The van der Waals surface area contributed by atoms with E-state index in [2.05, 4.69) is 5.32 Å². The number of benzene rings is 2. The largest absolute Gasteiger partial charge is 0.491 e. The SMILES string of the molecule is NC(=O)c1ccccc1NC(=O)c1ccc(OC[C@@H]2CCCO2)cc1. The Morgan fingerprint density at radius 2 is 1.92 bits per heavy atom. The molecule has 0 bridgehead atoms. The summed E-state index contributed by atoms with van der Waals surface area (Å²) >= 11 is 0. The van der Waals surface area contributed by atoms with Crippen LogP contribution in [0.25, 0.3) is 0 Å². The van der Waals surface area contributed by atoms with Gasteiger partial charge in [0.05, 0.1) is 17.4 Å². The lowest BCUT2D eigenvalue weighted by Crippen LogP contribution is -2.18. The topological polar surface area (TPSA) is 90.7 Å². The van der Waals surface area contributed by atoms with Gasteiger partial charge in [-0.05, 0) is 49.2 Å². The number of carbonyl (C=O) groups is 2. The van der Waals surface area contributed by atoms with Gasteiger partial charge in [-0.25, -0.2) is 0 Å². The summed E-state index contributed by atoms with van der Waals surface area (Å²) in [5, 5.41) is 2.70. The van der Waals surface area contributed by atoms with Crippen LogP contribution in [0, 0.1) is 0 Å². The van der Waals surface area contributed by atoms with Crippen molar-refractivity contribution in [2.45, 2.75) is 18.9 Å². The minimum absolute atomic E-state index is 0.147. The van der Waals surface area contributed by atoms with Gasteiger partial charge in [0.2, 0.25) is 0 Å². The third-order valence-corrected chi connectivity index (χ3v) is 4.02. The molecule has 0 radical (unpaired) electrons. The van der Waals surface area contributed by atoms with E-state index in [1.807, 2.05) is 0 Å². The number of primary amides is 1. The van der Waals surface area contributed by atoms with Gasteiger partial charge in [0.15, 0.2) is 0 Å². The van der Waals surface area contributed by atoms with Crippen LogP contribution in [0.1, 0.15) is 33.6 Å². The predicted molar refractivity (Wildman–Crippen MR) is 93.8 cm³/mol. The number of amides is 2. The van der Waals surface area contributed by atoms with Crippen LogP contribution in [0.15, 0.2) is 48.5 Å². The standard InChI is InChI=1S/C19H20N2O4/c20-18(22)16-5-1-2-6-17(16)21-19(23)13-7-9-14(10-8-13)25-12-15-4-3-11-24-15/h1-2,5-10,15H,3-4,11-12H2,(H2,20,22)(H,21,23)/t15-/m0/s1. The van der Waals surface area contributed by atoms with Crippen molar-refractivity contribution in [1.82, 2.24) is 0 Å². The minimum Gasteiger partial charge on any atom is -0.491 e. The van der Waals surface area contributed by atoms with Crippen LogP contribution in [0.2, 0.25) is 0 Å². The number of nitrogens with one attached hydrogen (secondary N) is 1. The highest BCUT2D eigenvalue weighted by atomic mass is 16.5. The highest BCUT2D eigenvalue weighted by Gasteiger charge is 2.16. The van der Waals surface area contributed by atoms with Gasteiger partial charge in [-0.15, -0.1) is 0 Å². The summed E-state index contributed by atoms with van der Waals surface area (Å²) in [7, 11) is 0. The van der Waals surface area contributed by atoms with Gasteiger partial charge in [0.1, 0.15) is 12.4 Å². The Morgan fingerprint density at radius 1 is 1.16 bits per heavy atom. The van der Waals surface area contributed by atoms with E-state index >= 15 is 0 Å². The fourth-order valence-electron chi connectivity index (χ4n) is 2.67. The molecule has 3 rings (SSSR count). The molecule has 1 fully saturated rings. The fraction of sp³-hybridized carbons (Fsp3) is 0.263. The number of para-hydroxylation sites is 1. The van der Waals surface area contributed by atoms with E-state index in [4.69, 9.17) is 15.2 Å². The number of carbonyl (C=O) groups excluding carboxylic acids is 2. The second-order valence-corrected chi connectivity index (χ2v) is 5.83. The summed E-state index contributed by atoms with van der Waals surface area (Å²) in [6.07, 6.45) is 2.23. The Balaban J connectivity index is 1.62. The zero-order chi connectivity index (χ0) is 17.6. The molecule has 130 valence electrons. The van der Waals surface area contributed by atoms with Crippen LogP contribution in [-0.4, -0.2) is 31.1 Å². The molecule has 25 heavy (non-hydrogen) atoms. The Bertz CT molecular complexity index is 752. The maximum atomic E-state index is 12.3. The summed E-state index contributed by atoms with van der Waals surface area (Å²) in [6, 6.07) is 13.4. The second kappa shape index (κ2) is 7.81. The molecule has 1 aliphatic rings. The van der Waals surface area contributed by atoms with Crippen LogP contribution in [0.5, 0.6) is 5.75 Å². The first-order chi connectivity index (χ1) is 12.1. The number of nitrogens with two attached hydrogens (primary N) is 1. The van der Waals surface area contributed by atoms with E-state index in [1.165, 1.54) is 0 Å². The average molecular weight is 340 g/mol. The number of ether oxygens (including phenoxy) is 2. The van der Waals surface area contributed by atoms with Crippen LogP contribution in [-0.2, 0) is 4.74 Å². The molecule has 3 N–H and O–H groups in total. The van der Waals surface area contributed by atoms with Gasteiger partial charge in [-0.1, -0.05) is 12.1 Å². The second-order valence-electron chi connectivity index (χ2n) is 5.83. The molecular weight excluding hydrogens is 320 g/mol. The molecule has 0 aliphatic carbocycles. The van der Waals surface area contributed by atoms with E-state index < -0.39 is 5.91 Å². The van der Waals surface area contributed by atoms with Gasteiger partial charge in [-0.2, -0.15) is 0 Å². The molecule has 0 spiro atoms. The molecule has 1 heterocycles. The van der Waals surface area contributed by atoms with Crippen LogP contribution in [0.3, 0.4) is 0 Å². The van der Waals surface area contributed by atoms with Crippen molar-refractivity contribution in [3.8, 4) is 5.75 Å². The lowest BCUT2D eigenvalue weighted by atomic mass is 10.1. The summed E-state index contributed by atoms with van der Waals surface area (Å²) in [5.74, 6) is -0.224. The van der Waals surface area contributed by atoms with E-state index in [0.717, 1.165) is 19.4 Å². The number of hydrogen-bond donors (Lipinski definition) is 2. The fourth-order valence-corrected chi connectivity index (χ4v) is 2.67. The highest BCUT2D eigenvalue weighted by molar-refractivity contribution is 6.08. The molecule has 0 saturated carbocycles. The monoisotopic (exact) mass is 340 g/mol. The van der Waals surface area contributed by atoms with Gasteiger partial charge in [0, 0.05) is 12.2 Å². The molecular formula is C19H20N2O4. The van der Waals surface area contributed by atoms with Crippen molar-refractivity contribution in [3.63, 3.8) is 0 Å². The summed E-state index contributed by atoms with van der Waals surface area (Å²) < 4.78 is 11.2. The van der Waals surface area contributed by atoms with Crippen LogP contribution >= 0.6 is 0 Å². The van der Waals surface area contributed by atoms with E-state index in [1.54, 1.807) is 48.5 Å². The van der Waals surface area contributed by atoms with Crippen molar-refractivity contribution < 1.29 is 19.1 Å². The van der Waals surface area contributed by atoms with Crippen molar-refractivity contribution in [3.05, 3.63) is 59.7 Å². The maximum absolute atomic E-state index is 12.3. The van der Waals surface area contributed by atoms with Crippen molar-refractivity contribution in [2.75, 3.05) is 18.5 Å². The lowest BCUT2D eigenvalue weighted by Gasteiger charge is -2.12. The minimum atomic E-state index is -0.589. The summed E-state index contributed by atoms with van der Waals surface area (Å²) in [4.78, 5) is 23.8. The zero-order valence-corrected chi connectivity index (χ0v) is 13.7. The summed E-state index contributed by atoms with van der Waals surface area (Å²) in [6.45, 7) is 1.30. The van der Waals surface area contributed by atoms with Crippen molar-refractivity contribution >= 4 is 17.5 Å². The Labute approximate surface area is 145 Å². The highest BCUT2D eigenvalue weighted by Crippen LogP contribution is 2.19. The van der Waals surface area contributed by atoms with Crippen molar-refractivity contribution in [1.29, 1.82) is 0 Å². The quantitative estimate of drug-likeness (QED) is 0.846. The zero-order valence-electron chi connectivity index (χ0n) is 13.7. The molecule has 1 saturated heterocycles. The molecule has 2 aromatic carbocycles. The van der Waals surface area contributed by atoms with Crippen molar-refractivity contribution in [2.24, 2.45) is 5.73 Å². The van der Waals surface area contributed by atoms with Gasteiger partial charge in [0.25, 0.3) is 11.8 Å². The first-order valence-electron chi connectivity index (χ1n) is 8.18. The van der Waals surface area contributed by atoms with Gasteiger partial charge >= 0.3 is 0 Å². The number of rotatable bonds is 6. The molecule has 2 aromatic rings. The Morgan fingerprint density at radius 3 is 2.60 bits per heavy atom. The summed E-state index contributed by atoms with van der Waals surface area (Å²) in [5.41, 5.74) is 6.44. The van der Waals surface area contributed by atoms with Gasteiger partial charge in [-0.3, -0.25) is 9.59 Å². The van der Waals surface area contributed by atoms with E-state index in [-0.39, 0.29) is 17.6 Å². The third-order valence-electron chi connectivity index (χ3n) is 4.02. The van der Waals surface area contributed by atoms with Crippen LogP contribution < -0.4 is 15.8 Å². The first-order valence-corrected chi connectivity index (χ1v) is 8.18. The average Bonchev–Trinajstić information content (AvgIpc) is 3.14. The molecule has 2 amide bonds. The molecule has 1 atom stereocenters. The van der Waals surface area contributed by atoms with E-state index in [0.29, 0.717) is 23.6 Å². The van der Waals surface area contributed by atoms with Crippen LogP contribution in [0.4, 0.5) is 5.69 Å². The molecule has 1 aliphatic heterocycles. The normalized spacial score (nSPS) is 16.4. The Hall–Kier alpha value is -2.86.